The highest BCUT2D eigenvalue weighted by Gasteiger charge is 2.19. The van der Waals surface area contributed by atoms with Crippen molar-refractivity contribution in [3.63, 3.8) is 0 Å². The van der Waals surface area contributed by atoms with Crippen LogP contribution in [-0.4, -0.2) is 7.05 Å². The third kappa shape index (κ3) is 3.12. The van der Waals surface area contributed by atoms with E-state index in [1.807, 2.05) is 19.2 Å². The van der Waals surface area contributed by atoms with Crippen molar-refractivity contribution in [3.8, 4) is 0 Å². The van der Waals surface area contributed by atoms with Crippen LogP contribution < -0.4 is 5.32 Å². The van der Waals surface area contributed by atoms with Gasteiger partial charge in [-0.3, -0.25) is 0 Å². The lowest BCUT2D eigenvalue weighted by Crippen LogP contribution is -2.17. The van der Waals surface area contributed by atoms with Gasteiger partial charge < -0.3 is 9.73 Å². The van der Waals surface area contributed by atoms with E-state index in [-0.39, 0.29) is 6.04 Å². The van der Waals surface area contributed by atoms with Crippen LogP contribution in [0.1, 0.15) is 35.6 Å². The summed E-state index contributed by atoms with van der Waals surface area (Å²) in [5.74, 6) is 1.95. The number of furan rings is 1. The van der Waals surface area contributed by atoms with Crippen LogP contribution in [0.15, 0.2) is 37.6 Å². The molecule has 19 heavy (non-hydrogen) atoms. The molecule has 1 unspecified atom stereocenters. The number of rotatable bonds is 4. The van der Waals surface area contributed by atoms with Crippen molar-refractivity contribution < 1.29 is 4.42 Å². The van der Waals surface area contributed by atoms with E-state index in [4.69, 9.17) is 4.42 Å². The fourth-order valence-corrected chi connectivity index (χ4v) is 3.12. The van der Waals surface area contributed by atoms with Crippen LogP contribution in [-0.2, 0) is 6.42 Å². The van der Waals surface area contributed by atoms with Crippen LogP contribution in [0, 0.1) is 6.92 Å². The summed E-state index contributed by atoms with van der Waals surface area (Å²) in [7, 11) is 1.94. The van der Waals surface area contributed by atoms with E-state index in [1.165, 1.54) is 5.56 Å². The number of aryl methyl sites for hydroxylation is 2. The topological polar surface area (TPSA) is 25.2 Å². The smallest absolute Gasteiger partial charge is 0.125 e. The molecule has 0 saturated heterocycles. The fourth-order valence-electron chi connectivity index (χ4n) is 2.07. The summed E-state index contributed by atoms with van der Waals surface area (Å²) in [4.78, 5) is 0. The first-order chi connectivity index (χ1) is 9.06. The predicted molar refractivity (Wildman–Crippen MR) is 85.6 cm³/mol. The van der Waals surface area contributed by atoms with Crippen molar-refractivity contribution in [3.05, 3.63) is 55.9 Å². The minimum Gasteiger partial charge on any atom is -0.464 e. The molecule has 1 aromatic carbocycles. The highest BCUT2D eigenvalue weighted by molar-refractivity contribution is 9.11. The van der Waals surface area contributed by atoms with E-state index in [1.54, 1.807) is 0 Å². The van der Waals surface area contributed by atoms with Crippen molar-refractivity contribution in [1.82, 2.24) is 5.32 Å². The molecule has 0 aliphatic heterocycles. The highest BCUT2D eigenvalue weighted by Crippen LogP contribution is 2.33. The minimum absolute atomic E-state index is 0.0478. The zero-order chi connectivity index (χ0) is 14.0. The molecule has 0 saturated carbocycles. The number of nitrogens with one attached hydrogen (secondary N) is 1. The minimum atomic E-state index is 0.0478. The predicted octanol–water partition coefficient (Wildman–Crippen LogP) is 4.98. The Balaban J connectivity index is 2.44. The largest absolute Gasteiger partial charge is 0.464 e. The molecule has 2 aromatic rings. The quantitative estimate of drug-likeness (QED) is 0.801. The van der Waals surface area contributed by atoms with Gasteiger partial charge >= 0.3 is 0 Å². The Morgan fingerprint density at radius 3 is 2.53 bits per heavy atom. The first kappa shape index (κ1) is 14.8. The molecule has 0 spiro atoms. The Morgan fingerprint density at radius 2 is 1.95 bits per heavy atom. The van der Waals surface area contributed by atoms with Gasteiger partial charge in [0.15, 0.2) is 0 Å². The Morgan fingerprint density at radius 1 is 1.21 bits per heavy atom. The number of hydrogen-bond acceptors (Lipinski definition) is 2. The lowest BCUT2D eigenvalue weighted by atomic mass is 10.0. The molecule has 1 heterocycles. The summed E-state index contributed by atoms with van der Waals surface area (Å²) in [6.07, 6.45) is 0.912. The third-order valence-corrected chi connectivity index (χ3v) is 4.73. The van der Waals surface area contributed by atoms with Crippen LogP contribution in [0.3, 0.4) is 0 Å². The first-order valence-electron chi connectivity index (χ1n) is 6.28. The third-order valence-electron chi connectivity index (χ3n) is 3.19. The van der Waals surface area contributed by atoms with E-state index in [0.29, 0.717) is 0 Å². The summed E-state index contributed by atoms with van der Waals surface area (Å²) in [5, 5.41) is 3.31. The maximum Gasteiger partial charge on any atom is 0.125 e. The van der Waals surface area contributed by atoms with Crippen molar-refractivity contribution in [2.24, 2.45) is 0 Å². The van der Waals surface area contributed by atoms with Crippen LogP contribution in [0.25, 0.3) is 0 Å². The van der Waals surface area contributed by atoms with Crippen molar-refractivity contribution in [2.75, 3.05) is 7.05 Å². The molecule has 0 fully saturated rings. The Bertz CT molecular complexity index is 578. The summed E-state index contributed by atoms with van der Waals surface area (Å²) in [6, 6.07) is 8.38. The fraction of sp³-hybridized carbons (Fsp3) is 0.333. The maximum atomic E-state index is 5.87. The Labute approximate surface area is 130 Å². The van der Waals surface area contributed by atoms with Crippen molar-refractivity contribution in [1.29, 1.82) is 0 Å². The number of hydrogen-bond donors (Lipinski definition) is 1. The molecule has 0 amide bonds. The van der Waals surface area contributed by atoms with Gasteiger partial charge in [-0.15, -0.1) is 0 Å². The molecule has 0 bridgehead atoms. The molecular weight excluding hydrogens is 370 g/mol. The maximum absolute atomic E-state index is 5.87. The molecule has 0 aliphatic rings. The van der Waals surface area contributed by atoms with Gasteiger partial charge in [-0.05, 0) is 49.4 Å². The summed E-state index contributed by atoms with van der Waals surface area (Å²) in [6.45, 7) is 4.17. The van der Waals surface area contributed by atoms with E-state index in [2.05, 4.69) is 63.2 Å². The van der Waals surface area contributed by atoms with Crippen molar-refractivity contribution >= 4 is 31.9 Å². The van der Waals surface area contributed by atoms with E-state index < -0.39 is 0 Å². The van der Waals surface area contributed by atoms with Crippen LogP contribution in [0.2, 0.25) is 0 Å². The van der Waals surface area contributed by atoms with Gasteiger partial charge in [0.25, 0.3) is 0 Å². The second-order valence-corrected chi connectivity index (χ2v) is 6.21. The van der Waals surface area contributed by atoms with Crippen molar-refractivity contribution in [2.45, 2.75) is 26.3 Å². The highest BCUT2D eigenvalue weighted by atomic mass is 79.9. The number of halogens is 2. The second-order valence-electron chi connectivity index (χ2n) is 4.50. The Hall–Kier alpha value is -0.580. The zero-order valence-electron chi connectivity index (χ0n) is 11.3. The number of benzene rings is 1. The molecule has 2 nitrogen and oxygen atoms in total. The molecule has 1 atom stereocenters. The second kappa shape index (κ2) is 6.25. The molecule has 1 N–H and O–H groups in total. The normalized spacial score (nSPS) is 12.7. The first-order valence-corrected chi connectivity index (χ1v) is 7.86. The molecule has 0 aliphatic carbocycles. The van der Waals surface area contributed by atoms with Gasteiger partial charge in [-0.2, -0.15) is 0 Å². The average Bonchev–Trinajstić information content (AvgIpc) is 2.85. The summed E-state index contributed by atoms with van der Waals surface area (Å²) >= 11 is 7.23. The SMILES string of the molecule is CCc1ccc(C(NC)c2cc(Br)c(C)cc2Br)o1. The molecule has 102 valence electrons. The van der Waals surface area contributed by atoms with Gasteiger partial charge in [0.2, 0.25) is 0 Å². The van der Waals surface area contributed by atoms with Crippen LogP contribution in [0.5, 0.6) is 0 Å². The zero-order valence-corrected chi connectivity index (χ0v) is 14.4. The monoisotopic (exact) mass is 385 g/mol. The molecule has 2 rings (SSSR count). The van der Waals surface area contributed by atoms with E-state index in [0.717, 1.165) is 32.5 Å². The molecule has 0 radical (unpaired) electrons. The van der Waals surface area contributed by atoms with Gasteiger partial charge in [0.1, 0.15) is 11.5 Å². The lowest BCUT2D eigenvalue weighted by molar-refractivity contribution is 0.433. The lowest BCUT2D eigenvalue weighted by Gasteiger charge is -2.17. The van der Waals surface area contributed by atoms with Crippen LogP contribution >= 0.6 is 31.9 Å². The van der Waals surface area contributed by atoms with Gasteiger partial charge in [0, 0.05) is 15.4 Å². The molecule has 1 aromatic heterocycles. The standard InChI is InChI=1S/C15H17Br2NO/c1-4-10-5-6-14(19-10)15(18-3)11-8-12(16)9(2)7-13(11)17/h5-8,15,18H,4H2,1-3H3. The van der Waals surface area contributed by atoms with Gasteiger partial charge in [0.05, 0.1) is 6.04 Å². The van der Waals surface area contributed by atoms with E-state index in [9.17, 15) is 0 Å². The van der Waals surface area contributed by atoms with Gasteiger partial charge in [-0.25, -0.2) is 0 Å². The van der Waals surface area contributed by atoms with Crippen LogP contribution in [0.4, 0.5) is 0 Å². The summed E-state index contributed by atoms with van der Waals surface area (Å²) < 4.78 is 8.06. The molecule has 4 heteroatoms. The molecular formula is C15H17Br2NO. The van der Waals surface area contributed by atoms with Gasteiger partial charge in [-0.1, -0.05) is 38.8 Å². The van der Waals surface area contributed by atoms with E-state index >= 15 is 0 Å². The Kier molecular flexibility index (Phi) is 4.87. The summed E-state index contributed by atoms with van der Waals surface area (Å²) in [5.41, 5.74) is 2.37. The average molecular weight is 387 g/mol.